The number of pyridine rings is 1. The first kappa shape index (κ1) is 12.0. The molecule has 0 spiro atoms. The molecule has 82 valence electrons. The smallest absolute Gasteiger partial charge is 0.107 e. The monoisotopic (exact) mass is 389 g/mol. The van der Waals surface area contributed by atoms with E-state index in [1.807, 2.05) is 30.3 Å². The van der Waals surface area contributed by atoms with Crippen LogP contribution in [-0.2, 0) is 0 Å². The maximum atomic E-state index is 10.2. The van der Waals surface area contributed by atoms with Crippen LogP contribution in [0.3, 0.4) is 0 Å². The second kappa shape index (κ2) is 5.25. The topological polar surface area (TPSA) is 33.1 Å². The summed E-state index contributed by atoms with van der Waals surface area (Å²) in [7, 11) is 0. The molecule has 0 saturated carbocycles. The van der Waals surface area contributed by atoms with Crippen molar-refractivity contribution in [2.45, 2.75) is 6.10 Å². The van der Waals surface area contributed by atoms with Crippen molar-refractivity contribution in [1.29, 1.82) is 0 Å². The maximum absolute atomic E-state index is 10.2. The Morgan fingerprint density at radius 2 is 2.12 bits per heavy atom. The molecule has 0 amide bonds. The van der Waals surface area contributed by atoms with Gasteiger partial charge in [-0.1, -0.05) is 22.0 Å². The van der Waals surface area contributed by atoms with Gasteiger partial charge in [-0.25, -0.2) is 0 Å². The molecule has 1 aromatic heterocycles. The van der Waals surface area contributed by atoms with Crippen LogP contribution in [0.15, 0.2) is 47.2 Å². The van der Waals surface area contributed by atoms with Crippen LogP contribution in [0.25, 0.3) is 0 Å². The van der Waals surface area contributed by atoms with Crippen molar-refractivity contribution in [2.24, 2.45) is 0 Å². The van der Waals surface area contributed by atoms with E-state index >= 15 is 0 Å². The fraction of sp³-hybridized carbons (Fsp3) is 0.0833. The molecule has 0 bridgehead atoms. The van der Waals surface area contributed by atoms with Crippen LogP contribution in [0.1, 0.15) is 17.2 Å². The molecule has 0 aliphatic rings. The van der Waals surface area contributed by atoms with E-state index in [1.54, 1.807) is 12.4 Å². The van der Waals surface area contributed by atoms with Gasteiger partial charge in [0.15, 0.2) is 0 Å². The Kier molecular flexibility index (Phi) is 3.94. The third kappa shape index (κ3) is 2.61. The van der Waals surface area contributed by atoms with Gasteiger partial charge in [0, 0.05) is 26.0 Å². The molecule has 2 aromatic rings. The molecule has 1 unspecified atom stereocenters. The highest BCUT2D eigenvalue weighted by atomic mass is 127. The molecule has 0 aliphatic heterocycles. The first-order chi connectivity index (χ1) is 7.68. The Balaban J connectivity index is 2.41. The van der Waals surface area contributed by atoms with Crippen molar-refractivity contribution in [3.05, 3.63) is 61.9 Å². The second-order valence-electron chi connectivity index (χ2n) is 3.35. The van der Waals surface area contributed by atoms with Gasteiger partial charge in [-0.2, -0.15) is 0 Å². The van der Waals surface area contributed by atoms with Crippen LogP contribution in [0, 0.1) is 3.57 Å². The highest BCUT2D eigenvalue weighted by Crippen LogP contribution is 2.28. The van der Waals surface area contributed by atoms with Crippen LogP contribution in [0.5, 0.6) is 0 Å². The Labute approximate surface area is 116 Å². The van der Waals surface area contributed by atoms with Crippen molar-refractivity contribution in [3.8, 4) is 0 Å². The molecule has 1 atom stereocenters. The molecule has 2 nitrogen and oxygen atoms in total. The minimum Gasteiger partial charge on any atom is -0.384 e. The summed E-state index contributed by atoms with van der Waals surface area (Å²) in [6, 6.07) is 9.55. The highest BCUT2D eigenvalue weighted by molar-refractivity contribution is 14.1. The number of aromatic nitrogens is 1. The van der Waals surface area contributed by atoms with Gasteiger partial charge in [0.25, 0.3) is 0 Å². The molecule has 4 heteroatoms. The van der Waals surface area contributed by atoms with E-state index < -0.39 is 6.10 Å². The standard InChI is InChI=1S/C12H9BrINO/c13-9-3-4-11(14)10(6-9)12(16)8-2-1-5-15-7-8/h1-7,12,16H. The zero-order valence-corrected chi connectivity index (χ0v) is 12.0. The Morgan fingerprint density at radius 1 is 1.31 bits per heavy atom. The maximum Gasteiger partial charge on any atom is 0.107 e. The summed E-state index contributed by atoms with van der Waals surface area (Å²) in [5, 5.41) is 10.2. The summed E-state index contributed by atoms with van der Waals surface area (Å²) in [5.41, 5.74) is 1.70. The Bertz CT molecular complexity index is 490. The van der Waals surface area contributed by atoms with E-state index in [2.05, 4.69) is 43.5 Å². The van der Waals surface area contributed by atoms with Crippen molar-refractivity contribution >= 4 is 38.5 Å². The van der Waals surface area contributed by atoms with E-state index in [1.165, 1.54) is 0 Å². The summed E-state index contributed by atoms with van der Waals surface area (Å²) in [5.74, 6) is 0. The zero-order valence-electron chi connectivity index (χ0n) is 8.27. The summed E-state index contributed by atoms with van der Waals surface area (Å²) in [6.07, 6.45) is 2.75. The summed E-state index contributed by atoms with van der Waals surface area (Å²) >= 11 is 5.62. The number of hydrogen-bond acceptors (Lipinski definition) is 2. The van der Waals surface area contributed by atoms with E-state index in [9.17, 15) is 5.11 Å². The molecule has 0 radical (unpaired) electrons. The first-order valence-corrected chi connectivity index (χ1v) is 6.58. The average molecular weight is 390 g/mol. The third-order valence-electron chi connectivity index (χ3n) is 2.25. The van der Waals surface area contributed by atoms with Gasteiger partial charge in [0.05, 0.1) is 0 Å². The predicted molar refractivity (Wildman–Crippen MR) is 75.2 cm³/mol. The normalized spacial score (nSPS) is 12.4. The van der Waals surface area contributed by atoms with E-state index in [4.69, 9.17) is 0 Å². The fourth-order valence-electron chi connectivity index (χ4n) is 1.44. The molecular weight excluding hydrogens is 381 g/mol. The number of aliphatic hydroxyl groups excluding tert-OH is 1. The fourth-order valence-corrected chi connectivity index (χ4v) is 2.45. The molecule has 1 aromatic carbocycles. The van der Waals surface area contributed by atoms with Crippen molar-refractivity contribution < 1.29 is 5.11 Å². The highest BCUT2D eigenvalue weighted by Gasteiger charge is 2.13. The van der Waals surface area contributed by atoms with Gasteiger partial charge in [-0.3, -0.25) is 4.98 Å². The lowest BCUT2D eigenvalue weighted by Crippen LogP contribution is -2.02. The lowest BCUT2D eigenvalue weighted by molar-refractivity contribution is 0.219. The van der Waals surface area contributed by atoms with Gasteiger partial charge >= 0.3 is 0 Å². The second-order valence-corrected chi connectivity index (χ2v) is 5.43. The zero-order chi connectivity index (χ0) is 11.5. The molecule has 0 saturated heterocycles. The number of halogens is 2. The summed E-state index contributed by atoms with van der Waals surface area (Å²) < 4.78 is 2.00. The van der Waals surface area contributed by atoms with Crippen LogP contribution < -0.4 is 0 Å². The molecule has 1 heterocycles. The van der Waals surface area contributed by atoms with Gasteiger partial charge < -0.3 is 5.11 Å². The number of nitrogens with zero attached hydrogens (tertiary/aromatic N) is 1. The molecular formula is C12H9BrINO. The minimum absolute atomic E-state index is 0.627. The molecule has 1 N–H and O–H groups in total. The average Bonchev–Trinajstić information content (AvgIpc) is 2.32. The van der Waals surface area contributed by atoms with Gasteiger partial charge in [-0.05, 0) is 52.4 Å². The number of hydrogen-bond donors (Lipinski definition) is 1. The summed E-state index contributed by atoms with van der Waals surface area (Å²) in [4.78, 5) is 4.01. The van der Waals surface area contributed by atoms with E-state index in [0.717, 1.165) is 19.2 Å². The Hall–Kier alpha value is -0.460. The number of benzene rings is 1. The lowest BCUT2D eigenvalue weighted by Gasteiger charge is -2.13. The molecule has 16 heavy (non-hydrogen) atoms. The van der Waals surface area contributed by atoms with Crippen LogP contribution in [0.2, 0.25) is 0 Å². The first-order valence-electron chi connectivity index (χ1n) is 4.71. The lowest BCUT2D eigenvalue weighted by atomic mass is 10.0. The molecule has 2 rings (SSSR count). The minimum atomic E-state index is -0.627. The van der Waals surface area contributed by atoms with E-state index in [-0.39, 0.29) is 0 Å². The van der Waals surface area contributed by atoms with E-state index in [0.29, 0.717) is 0 Å². The van der Waals surface area contributed by atoms with Crippen molar-refractivity contribution in [1.82, 2.24) is 4.98 Å². The largest absolute Gasteiger partial charge is 0.384 e. The van der Waals surface area contributed by atoms with Crippen LogP contribution in [-0.4, -0.2) is 10.1 Å². The van der Waals surface area contributed by atoms with Crippen molar-refractivity contribution in [3.63, 3.8) is 0 Å². The summed E-state index contributed by atoms with van der Waals surface area (Å²) in [6.45, 7) is 0. The third-order valence-corrected chi connectivity index (χ3v) is 3.73. The quantitative estimate of drug-likeness (QED) is 0.797. The SMILES string of the molecule is OC(c1cccnc1)c1cc(Br)ccc1I. The number of aliphatic hydroxyl groups is 1. The molecule has 0 fully saturated rings. The molecule has 0 aliphatic carbocycles. The van der Waals surface area contributed by atoms with Crippen LogP contribution >= 0.6 is 38.5 Å². The Morgan fingerprint density at radius 3 is 2.81 bits per heavy atom. The predicted octanol–water partition coefficient (Wildman–Crippen LogP) is 3.53. The van der Waals surface area contributed by atoms with Crippen LogP contribution in [0.4, 0.5) is 0 Å². The van der Waals surface area contributed by atoms with Crippen molar-refractivity contribution in [2.75, 3.05) is 0 Å². The number of rotatable bonds is 2. The van der Waals surface area contributed by atoms with Gasteiger partial charge in [-0.15, -0.1) is 0 Å². The van der Waals surface area contributed by atoms with Gasteiger partial charge in [0.1, 0.15) is 6.10 Å². The van der Waals surface area contributed by atoms with Gasteiger partial charge in [0.2, 0.25) is 0 Å².